The molecule has 5 heteroatoms. The Bertz CT molecular complexity index is 1110. The molecule has 0 saturated carbocycles. The quantitative estimate of drug-likeness (QED) is 0.448. The van der Waals surface area contributed by atoms with E-state index in [1.807, 2.05) is 67.6 Å². The summed E-state index contributed by atoms with van der Waals surface area (Å²) >= 11 is 0. The van der Waals surface area contributed by atoms with Gasteiger partial charge >= 0.3 is 5.97 Å². The smallest absolute Gasteiger partial charge is 0.338 e. The Kier molecular flexibility index (Phi) is 6.43. The van der Waals surface area contributed by atoms with Crippen LogP contribution in [0.15, 0.2) is 72.8 Å². The molecule has 1 heterocycles. The molecule has 0 aromatic heterocycles. The lowest BCUT2D eigenvalue weighted by Gasteiger charge is -2.38. The van der Waals surface area contributed by atoms with Gasteiger partial charge in [-0.05, 0) is 54.8 Å². The average Bonchev–Trinajstić information content (AvgIpc) is 3.18. The van der Waals surface area contributed by atoms with Crippen LogP contribution in [0.2, 0.25) is 0 Å². The van der Waals surface area contributed by atoms with Crippen molar-refractivity contribution in [3.05, 3.63) is 95.1 Å². The van der Waals surface area contributed by atoms with Crippen LogP contribution in [0.5, 0.6) is 5.75 Å². The van der Waals surface area contributed by atoms with Gasteiger partial charge in [0.1, 0.15) is 12.4 Å². The van der Waals surface area contributed by atoms with Crippen molar-refractivity contribution in [2.75, 3.05) is 19.0 Å². The SMILES string of the molecule is COc1ccc(CC(C)(O)CC(C)(CNc2ccc3c(c2)COC3=O)c2ccccc2)cc1. The van der Waals surface area contributed by atoms with E-state index in [0.29, 0.717) is 31.6 Å². The molecule has 1 aliphatic heterocycles. The Labute approximate surface area is 195 Å². The zero-order chi connectivity index (χ0) is 23.5. The molecule has 1 aliphatic rings. The van der Waals surface area contributed by atoms with Crippen LogP contribution < -0.4 is 10.1 Å². The van der Waals surface area contributed by atoms with Crippen molar-refractivity contribution in [2.24, 2.45) is 0 Å². The fourth-order valence-electron chi connectivity index (χ4n) is 4.73. The third kappa shape index (κ3) is 5.37. The predicted molar refractivity (Wildman–Crippen MR) is 130 cm³/mol. The van der Waals surface area contributed by atoms with Crippen LogP contribution in [0.25, 0.3) is 0 Å². The Balaban J connectivity index is 1.53. The number of aliphatic hydroxyl groups is 1. The summed E-state index contributed by atoms with van der Waals surface area (Å²) in [6.45, 7) is 5.02. The summed E-state index contributed by atoms with van der Waals surface area (Å²) in [5.74, 6) is 0.540. The molecule has 0 bridgehead atoms. The molecule has 0 aliphatic carbocycles. The highest BCUT2D eigenvalue weighted by Crippen LogP contribution is 2.35. The second-order valence-corrected chi connectivity index (χ2v) is 9.43. The molecule has 2 N–H and O–H groups in total. The first-order valence-electron chi connectivity index (χ1n) is 11.2. The Hall–Kier alpha value is -3.31. The summed E-state index contributed by atoms with van der Waals surface area (Å²) in [6.07, 6.45) is 1.10. The zero-order valence-electron chi connectivity index (χ0n) is 19.4. The molecule has 2 unspecified atom stereocenters. The topological polar surface area (TPSA) is 67.8 Å². The van der Waals surface area contributed by atoms with Crippen molar-refractivity contribution >= 4 is 11.7 Å². The maximum absolute atomic E-state index is 11.7. The fraction of sp³-hybridized carbons (Fsp3) is 0.321. The standard InChI is InChI=1S/C28H31NO4/c1-27(22-7-5-4-6-8-22,18-28(2,31)16-20-9-12-24(32-3)13-10-20)19-29-23-11-14-25-21(15-23)17-33-26(25)30/h4-15,29,31H,16-19H2,1-3H3. The van der Waals surface area contributed by atoms with Crippen LogP contribution in [-0.2, 0) is 23.2 Å². The second kappa shape index (κ2) is 9.28. The molecule has 0 fully saturated rings. The number of rotatable bonds is 9. The molecule has 2 atom stereocenters. The highest BCUT2D eigenvalue weighted by molar-refractivity contribution is 5.93. The third-order valence-corrected chi connectivity index (χ3v) is 6.35. The minimum absolute atomic E-state index is 0.264. The first kappa shape index (κ1) is 22.9. The number of carbonyl (C=O) groups excluding carboxylic acids is 1. The number of hydrogen-bond acceptors (Lipinski definition) is 5. The van der Waals surface area contributed by atoms with Crippen LogP contribution >= 0.6 is 0 Å². The Morgan fingerprint density at radius 1 is 1.03 bits per heavy atom. The van der Waals surface area contributed by atoms with Crippen molar-refractivity contribution in [3.63, 3.8) is 0 Å². The van der Waals surface area contributed by atoms with E-state index < -0.39 is 5.60 Å². The fourth-order valence-corrected chi connectivity index (χ4v) is 4.73. The van der Waals surface area contributed by atoms with Crippen molar-refractivity contribution in [1.82, 2.24) is 0 Å². The third-order valence-electron chi connectivity index (χ3n) is 6.35. The molecule has 4 rings (SSSR count). The Morgan fingerprint density at radius 2 is 1.76 bits per heavy atom. The molecular formula is C28H31NO4. The molecular weight excluding hydrogens is 414 g/mol. The van der Waals surface area contributed by atoms with Crippen molar-refractivity contribution in [3.8, 4) is 5.75 Å². The van der Waals surface area contributed by atoms with E-state index in [9.17, 15) is 9.90 Å². The summed E-state index contributed by atoms with van der Waals surface area (Å²) in [5, 5.41) is 15.0. The van der Waals surface area contributed by atoms with E-state index in [-0.39, 0.29) is 11.4 Å². The largest absolute Gasteiger partial charge is 0.497 e. The summed E-state index contributed by atoms with van der Waals surface area (Å²) in [5.41, 5.74) is 3.44. The molecule has 33 heavy (non-hydrogen) atoms. The van der Waals surface area contributed by atoms with Gasteiger partial charge in [-0.1, -0.05) is 49.4 Å². The molecule has 172 valence electrons. The molecule has 3 aromatic rings. The highest BCUT2D eigenvalue weighted by atomic mass is 16.5. The number of esters is 1. The monoisotopic (exact) mass is 445 g/mol. The van der Waals surface area contributed by atoms with Gasteiger partial charge in [-0.25, -0.2) is 4.79 Å². The first-order chi connectivity index (χ1) is 15.8. The van der Waals surface area contributed by atoms with E-state index in [4.69, 9.17) is 9.47 Å². The summed E-state index contributed by atoms with van der Waals surface area (Å²) in [7, 11) is 1.65. The number of cyclic esters (lactones) is 1. The van der Waals surface area contributed by atoms with Gasteiger partial charge in [-0.15, -0.1) is 0 Å². The summed E-state index contributed by atoms with van der Waals surface area (Å²) in [6, 6.07) is 23.8. The molecule has 0 amide bonds. The molecule has 3 aromatic carbocycles. The number of ether oxygens (including phenoxy) is 2. The van der Waals surface area contributed by atoms with Crippen LogP contribution in [-0.4, -0.2) is 30.3 Å². The summed E-state index contributed by atoms with van der Waals surface area (Å²) < 4.78 is 10.4. The number of anilines is 1. The van der Waals surface area contributed by atoms with Gasteiger partial charge in [0.15, 0.2) is 0 Å². The molecule has 0 spiro atoms. The van der Waals surface area contributed by atoms with E-state index in [1.54, 1.807) is 7.11 Å². The molecule has 5 nitrogen and oxygen atoms in total. The minimum Gasteiger partial charge on any atom is -0.497 e. The number of methoxy groups -OCH3 is 1. The van der Waals surface area contributed by atoms with Gasteiger partial charge in [0, 0.05) is 29.6 Å². The normalized spacial score (nSPS) is 16.3. The van der Waals surface area contributed by atoms with Crippen molar-refractivity contribution in [2.45, 2.75) is 44.3 Å². The number of nitrogens with one attached hydrogen (secondary N) is 1. The van der Waals surface area contributed by atoms with Gasteiger partial charge in [0.05, 0.1) is 18.3 Å². The zero-order valence-corrected chi connectivity index (χ0v) is 19.4. The first-order valence-corrected chi connectivity index (χ1v) is 11.2. The van der Waals surface area contributed by atoms with Crippen LogP contribution in [0, 0.1) is 0 Å². The second-order valence-electron chi connectivity index (χ2n) is 9.43. The molecule has 0 radical (unpaired) electrons. The van der Waals surface area contributed by atoms with Crippen LogP contribution in [0.3, 0.4) is 0 Å². The van der Waals surface area contributed by atoms with E-state index in [1.165, 1.54) is 0 Å². The van der Waals surface area contributed by atoms with Gasteiger partial charge in [0.25, 0.3) is 0 Å². The number of carbonyl (C=O) groups is 1. The van der Waals surface area contributed by atoms with Crippen molar-refractivity contribution < 1.29 is 19.4 Å². The number of benzene rings is 3. The minimum atomic E-state index is -0.918. The maximum Gasteiger partial charge on any atom is 0.338 e. The van der Waals surface area contributed by atoms with Gasteiger partial charge in [0.2, 0.25) is 0 Å². The summed E-state index contributed by atoms with van der Waals surface area (Å²) in [4.78, 5) is 11.7. The van der Waals surface area contributed by atoms with Crippen molar-refractivity contribution in [1.29, 1.82) is 0 Å². The lowest BCUT2D eigenvalue weighted by atomic mass is 9.72. The number of hydrogen-bond donors (Lipinski definition) is 2. The van der Waals surface area contributed by atoms with Gasteiger partial charge in [-0.3, -0.25) is 0 Å². The predicted octanol–water partition coefficient (Wildman–Crippen LogP) is 5.12. The maximum atomic E-state index is 11.7. The van der Waals surface area contributed by atoms with E-state index in [0.717, 1.165) is 28.1 Å². The average molecular weight is 446 g/mol. The lowest BCUT2D eigenvalue weighted by Crippen LogP contribution is -2.41. The van der Waals surface area contributed by atoms with Gasteiger partial charge in [-0.2, -0.15) is 0 Å². The van der Waals surface area contributed by atoms with Crippen LogP contribution in [0.1, 0.15) is 47.3 Å². The van der Waals surface area contributed by atoms with Crippen LogP contribution in [0.4, 0.5) is 5.69 Å². The molecule has 0 saturated heterocycles. The van der Waals surface area contributed by atoms with E-state index in [2.05, 4.69) is 24.4 Å². The lowest BCUT2D eigenvalue weighted by molar-refractivity contribution is 0.0306. The van der Waals surface area contributed by atoms with E-state index >= 15 is 0 Å². The highest BCUT2D eigenvalue weighted by Gasteiger charge is 2.35. The number of fused-ring (bicyclic) bond motifs is 1. The Morgan fingerprint density at radius 3 is 2.45 bits per heavy atom. The van der Waals surface area contributed by atoms with Gasteiger partial charge < -0.3 is 19.9 Å².